The molecule has 0 radical (unpaired) electrons. The maximum Gasteiger partial charge on any atom is 0.0638 e. The molecular formula is C21H26ClN5. The zero-order chi connectivity index (χ0) is 18.8. The van der Waals surface area contributed by atoms with Crippen molar-refractivity contribution >= 4 is 11.6 Å². The van der Waals surface area contributed by atoms with E-state index in [1.165, 1.54) is 35.2 Å². The molecular weight excluding hydrogens is 358 g/mol. The number of hydrogen-bond donors (Lipinski definition) is 1. The Hall–Kier alpha value is -2.11. The van der Waals surface area contributed by atoms with Crippen LogP contribution in [0, 0.1) is 6.92 Å². The van der Waals surface area contributed by atoms with Crippen LogP contribution < -0.4 is 0 Å². The van der Waals surface area contributed by atoms with E-state index in [-0.39, 0.29) is 0 Å². The van der Waals surface area contributed by atoms with Crippen molar-refractivity contribution < 1.29 is 0 Å². The summed E-state index contributed by atoms with van der Waals surface area (Å²) in [5, 5.41) is 13.0. The number of aromatic amines is 1. The number of rotatable bonds is 5. The molecule has 0 amide bonds. The molecule has 2 aromatic heterocycles. The minimum Gasteiger partial charge on any atom is -0.298 e. The molecule has 1 aliphatic rings. The maximum atomic E-state index is 6.05. The molecule has 1 atom stereocenters. The average Bonchev–Trinajstić information content (AvgIpc) is 3.30. The Morgan fingerprint density at radius 2 is 2.07 bits per heavy atom. The third-order valence-electron chi connectivity index (χ3n) is 5.50. The number of benzene rings is 1. The number of likely N-dealkylation sites (tertiary alicyclic amines) is 1. The van der Waals surface area contributed by atoms with Gasteiger partial charge in [0.1, 0.15) is 0 Å². The second-order valence-electron chi connectivity index (χ2n) is 7.37. The molecule has 1 aromatic carbocycles. The predicted octanol–water partition coefficient (Wildman–Crippen LogP) is 4.63. The molecule has 1 aliphatic heterocycles. The predicted molar refractivity (Wildman–Crippen MR) is 109 cm³/mol. The fourth-order valence-corrected chi connectivity index (χ4v) is 4.14. The summed E-state index contributed by atoms with van der Waals surface area (Å²) in [5.41, 5.74) is 6.07. The summed E-state index contributed by atoms with van der Waals surface area (Å²) in [6.45, 7) is 8.30. The van der Waals surface area contributed by atoms with Crippen molar-refractivity contribution in [2.24, 2.45) is 0 Å². The molecule has 4 rings (SSSR count). The number of aromatic nitrogens is 4. The molecule has 3 heterocycles. The molecule has 27 heavy (non-hydrogen) atoms. The van der Waals surface area contributed by atoms with Crippen molar-refractivity contribution in [3.05, 3.63) is 58.6 Å². The minimum atomic E-state index is 0.466. The minimum absolute atomic E-state index is 0.466. The van der Waals surface area contributed by atoms with Gasteiger partial charge in [0.05, 0.1) is 11.9 Å². The highest BCUT2D eigenvalue weighted by molar-refractivity contribution is 6.30. The van der Waals surface area contributed by atoms with Crippen molar-refractivity contribution in [2.75, 3.05) is 13.1 Å². The van der Waals surface area contributed by atoms with Gasteiger partial charge in [-0.2, -0.15) is 10.2 Å². The van der Waals surface area contributed by atoms with Gasteiger partial charge in [-0.25, -0.2) is 0 Å². The fourth-order valence-electron chi connectivity index (χ4n) is 4.02. The van der Waals surface area contributed by atoms with Gasteiger partial charge < -0.3 is 0 Å². The van der Waals surface area contributed by atoms with Crippen LogP contribution in [0.25, 0.3) is 11.1 Å². The molecule has 0 aliphatic carbocycles. The average molecular weight is 384 g/mol. The van der Waals surface area contributed by atoms with E-state index in [9.17, 15) is 0 Å². The summed E-state index contributed by atoms with van der Waals surface area (Å²) in [4.78, 5) is 2.55. The van der Waals surface area contributed by atoms with Crippen LogP contribution >= 0.6 is 11.6 Å². The Morgan fingerprint density at radius 1 is 1.26 bits per heavy atom. The van der Waals surface area contributed by atoms with Gasteiger partial charge in [0.15, 0.2) is 0 Å². The Bertz CT molecular complexity index is 896. The lowest BCUT2D eigenvalue weighted by Crippen LogP contribution is -2.34. The molecule has 0 saturated carbocycles. The topological polar surface area (TPSA) is 49.7 Å². The van der Waals surface area contributed by atoms with Crippen molar-refractivity contribution in [3.63, 3.8) is 0 Å². The number of nitrogens with zero attached hydrogens (tertiary/aromatic N) is 4. The van der Waals surface area contributed by atoms with Crippen LogP contribution in [0.5, 0.6) is 0 Å². The van der Waals surface area contributed by atoms with Gasteiger partial charge in [0.25, 0.3) is 0 Å². The molecule has 3 aromatic rings. The quantitative estimate of drug-likeness (QED) is 0.698. The van der Waals surface area contributed by atoms with Gasteiger partial charge >= 0.3 is 0 Å². The van der Waals surface area contributed by atoms with E-state index in [1.54, 1.807) is 0 Å². The third-order valence-corrected chi connectivity index (χ3v) is 5.76. The highest BCUT2D eigenvalue weighted by Crippen LogP contribution is 2.34. The van der Waals surface area contributed by atoms with E-state index < -0.39 is 0 Å². The zero-order valence-electron chi connectivity index (χ0n) is 16.0. The summed E-state index contributed by atoms with van der Waals surface area (Å²) in [6, 6.07) is 8.02. The molecule has 1 fully saturated rings. The first-order chi connectivity index (χ1) is 13.1. The first-order valence-electron chi connectivity index (χ1n) is 9.68. The van der Waals surface area contributed by atoms with Crippen LogP contribution in [0.15, 0.2) is 36.7 Å². The summed E-state index contributed by atoms with van der Waals surface area (Å²) in [5.74, 6) is 0.466. The molecule has 0 bridgehead atoms. The van der Waals surface area contributed by atoms with Crippen molar-refractivity contribution in [2.45, 2.75) is 45.7 Å². The highest BCUT2D eigenvalue weighted by Gasteiger charge is 2.25. The van der Waals surface area contributed by atoms with Crippen molar-refractivity contribution in [1.29, 1.82) is 0 Å². The van der Waals surface area contributed by atoms with Crippen LogP contribution in [0.1, 0.15) is 42.6 Å². The Kier molecular flexibility index (Phi) is 5.32. The second-order valence-corrected chi connectivity index (χ2v) is 7.81. The standard InChI is InChI=1S/C21H26ClN5/c1-3-27-14-18(15(2)25-27)13-26-10-4-5-17(12-26)21-20(11-23-24-21)16-6-8-19(22)9-7-16/h6-9,11,14,17H,3-5,10,12-13H2,1-2H3,(H,23,24)/t17-/m1/s1. The monoisotopic (exact) mass is 383 g/mol. The number of nitrogens with one attached hydrogen (secondary N) is 1. The van der Waals surface area contributed by atoms with Gasteiger partial charge in [-0.3, -0.25) is 14.7 Å². The van der Waals surface area contributed by atoms with Crippen LogP contribution in [0.4, 0.5) is 0 Å². The van der Waals surface area contributed by atoms with Crippen molar-refractivity contribution in [1.82, 2.24) is 24.9 Å². The molecule has 6 heteroatoms. The first-order valence-corrected chi connectivity index (χ1v) is 10.1. The Balaban J connectivity index is 1.51. The smallest absolute Gasteiger partial charge is 0.0638 e. The third kappa shape index (κ3) is 3.94. The highest BCUT2D eigenvalue weighted by atomic mass is 35.5. The maximum absolute atomic E-state index is 6.05. The molecule has 142 valence electrons. The summed E-state index contributed by atoms with van der Waals surface area (Å²) in [6.07, 6.45) is 6.51. The van der Waals surface area contributed by atoms with Crippen LogP contribution in [0.2, 0.25) is 5.02 Å². The van der Waals surface area contributed by atoms with Crippen molar-refractivity contribution in [3.8, 4) is 11.1 Å². The van der Waals surface area contributed by atoms with Crippen LogP contribution in [0.3, 0.4) is 0 Å². The lowest BCUT2D eigenvalue weighted by Gasteiger charge is -2.32. The number of piperidine rings is 1. The number of halogens is 1. The fraction of sp³-hybridized carbons (Fsp3) is 0.429. The van der Waals surface area contributed by atoms with Gasteiger partial charge in [-0.15, -0.1) is 0 Å². The molecule has 1 N–H and O–H groups in total. The summed E-state index contributed by atoms with van der Waals surface area (Å²) < 4.78 is 2.03. The molecule has 1 saturated heterocycles. The molecule has 0 unspecified atom stereocenters. The number of aryl methyl sites for hydroxylation is 2. The zero-order valence-corrected chi connectivity index (χ0v) is 16.7. The van der Waals surface area contributed by atoms with Gasteiger partial charge in [-0.05, 0) is 50.9 Å². The number of hydrogen-bond acceptors (Lipinski definition) is 3. The van der Waals surface area contributed by atoms with Gasteiger partial charge in [-0.1, -0.05) is 23.7 Å². The Morgan fingerprint density at radius 3 is 2.81 bits per heavy atom. The normalized spacial score (nSPS) is 18.1. The second kappa shape index (κ2) is 7.87. The SMILES string of the molecule is CCn1cc(CN2CCC[C@@H](c3[nH]ncc3-c3ccc(Cl)cc3)C2)c(C)n1. The first kappa shape index (κ1) is 18.3. The molecule has 5 nitrogen and oxygen atoms in total. The Labute approximate surface area is 165 Å². The van der Waals surface area contributed by atoms with E-state index in [0.29, 0.717) is 5.92 Å². The summed E-state index contributed by atoms with van der Waals surface area (Å²) >= 11 is 6.05. The summed E-state index contributed by atoms with van der Waals surface area (Å²) in [7, 11) is 0. The lowest BCUT2D eigenvalue weighted by atomic mass is 9.90. The van der Waals surface area contributed by atoms with Crippen LogP contribution in [-0.4, -0.2) is 38.0 Å². The lowest BCUT2D eigenvalue weighted by molar-refractivity contribution is 0.198. The van der Waals surface area contributed by atoms with Gasteiger partial charge in [0, 0.05) is 53.6 Å². The van der Waals surface area contributed by atoms with E-state index in [2.05, 4.69) is 52.4 Å². The molecule has 0 spiro atoms. The van der Waals surface area contributed by atoms with E-state index >= 15 is 0 Å². The largest absolute Gasteiger partial charge is 0.298 e. The number of H-pyrrole nitrogens is 1. The van der Waals surface area contributed by atoms with Crippen LogP contribution in [-0.2, 0) is 13.1 Å². The van der Waals surface area contributed by atoms with Gasteiger partial charge in [0.2, 0.25) is 0 Å². The van der Waals surface area contributed by atoms with E-state index in [4.69, 9.17) is 11.6 Å². The van der Waals surface area contributed by atoms with E-state index in [0.717, 1.165) is 36.9 Å². The van der Waals surface area contributed by atoms with E-state index in [1.807, 2.05) is 23.0 Å².